The van der Waals surface area contributed by atoms with Crippen LogP contribution in [0.25, 0.3) is 0 Å². The highest BCUT2D eigenvalue weighted by Gasteiger charge is 2.02. The molecule has 1 heterocycles. The molecule has 0 unspecified atom stereocenters. The number of nitriles is 1. The van der Waals surface area contributed by atoms with Gasteiger partial charge in [0, 0.05) is 19.2 Å². The van der Waals surface area contributed by atoms with E-state index < -0.39 is 5.82 Å². The molecule has 1 aromatic heterocycles. The Balaban J connectivity index is 2.85. The highest BCUT2D eigenvalue weighted by molar-refractivity contribution is 5.47. The van der Waals surface area contributed by atoms with Crippen molar-refractivity contribution < 1.29 is 4.39 Å². The van der Waals surface area contributed by atoms with Crippen LogP contribution in [0.1, 0.15) is 5.69 Å². The van der Waals surface area contributed by atoms with Crippen molar-refractivity contribution in [2.75, 3.05) is 18.4 Å². The van der Waals surface area contributed by atoms with Crippen LogP contribution in [-0.2, 0) is 0 Å². The van der Waals surface area contributed by atoms with E-state index in [1.807, 2.05) is 6.07 Å². The number of pyridine rings is 1. The maximum Gasteiger partial charge on any atom is 0.164 e. The first kappa shape index (κ1) is 9.42. The minimum Gasteiger partial charge on any atom is -0.381 e. The molecular weight excluding hydrogens is 171 g/mol. The fourth-order valence-electron chi connectivity index (χ4n) is 0.842. The molecule has 0 aromatic carbocycles. The average molecular weight is 180 g/mol. The topological polar surface area (TPSA) is 74.7 Å². The normalized spacial score (nSPS) is 9.31. The fraction of sp³-hybridized carbons (Fsp3) is 0.250. The van der Waals surface area contributed by atoms with Crippen LogP contribution in [-0.4, -0.2) is 18.1 Å². The summed E-state index contributed by atoms with van der Waals surface area (Å²) in [6.07, 6.45) is 1.01. The maximum absolute atomic E-state index is 13.0. The predicted octanol–water partition coefficient (Wildman–Crippen LogP) is 0.463. The van der Waals surface area contributed by atoms with Gasteiger partial charge in [0.15, 0.2) is 5.82 Å². The van der Waals surface area contributed by atoms with Crippen molar-refractivity contribution >= 4 is 5.69 Å². The zero-order valence-electron chi connectivity index (χ0n) is 6.92. The van der Waals surface area contributed by atoms with Gasteiger partial charge >= 0.3 is 0 Å². The average Bonchev–Trinajstić information content (AvgIpc) is 2.17. The highest BCUT2D eigenvalue weighted by atomic mass is 19.1. The number of anilines is 1. The van der Waals surface area contributed by atoms with Crippen LogP contribution < -0.4 is 11.1 Å². The van der Waals surface area contributed by atoms with Gasteiger partial charge in [-0.25, -0.2) is 9.37 Å². The maximum atomic E-state index is 13.0. The number of aromatic nitrogens is 1. The van der Waals surface area contributed by atoms with E-state index in [0.717, 1.165) is 6.20 Å². The van der Waals surface area contributed by atoms with E-state index in [-0.39, 0.29) is 11.4 Å². The van der Waals surface area contributed by atoms with Gasteiger partial charge in [-0.2, -0.15) is 5.26 Å². The van der Waals surface area contributed by atoms with E-state index in [1.54, 1.807) is 0 Å². The van der Waals surface area contributed by atoms with Gasteiger partial charge in [0.05, 0.1) is 11.9 Å². The second-order valence-corrected chi connectivity index (χ2v) is 2.38. The molecule has 0 bridgehead atoms. The molecule has 0 saturated carbocycles. The first-order valence-electron chi connectivity index (χ1n) is 3.77. The molecule has 0 radical (unpaired) electrons. The molecule has 0 aliphatic heterocycles. The van der Waals surface area contributed by atoms with Crippen LogP contribution in [0.3, 0.4) is 0 Å². The Morgan fingerprint density at radius 3 is 3.08 bits per heavy atom. The van der Waals surface area contributed by atoms with Gasteiger partial charge in [-0.15, -0.1) is 0 Å². The van der Waals surface area contributed by atoms with E-state index in [0.29, 0.717) is 13.1 Å². The summed E-state index contributed by atoms with van der Waals surface area (Å²) in [7, 11) is 0. The summed E-state index contributed by atoms with van der Waals surface area (Å²) in [5, 5.41) is 11.2. The van der Waals surface area contributed by atoms with Gasteiger partial charge < -0.3 is 11.1 Å². The molecule has 13 heavy (non-hydrogen) atoms. The first-order valence-corrected chi connectivity index (χ1v) is 3.77. The van der Waals surface area contributed by atoms with Crippen molar-refractivity contribution in [3.63, 3.8) is 0 Å². The molecule has 0 aliphatic rings. The number of halogens is 1. The Bertz CT molecular complexity index is 331. The minimum atomic E-state index is -0.479. The Labute approximate surface area is 75.2 Å². The Morgan fingerprint density at radius 2 is 2.46 bits per heavy atom. The number of nitrogens with zero attached hydrogens (tertiary/aromatic N) is 2. The van der Waals surface area contributed by atoms with Crippen LogP contribution in [0.4, 0.5) is 10.1 Å². The highest BCUT2D eigenvalue weighted by Crippen LogP contribution is 2.12. The molecule has 4 nitrogen and oxygen atoms in total. The van der Waals surface area contributed by atoms with E-state index in [4.69, 9.17) is 11.0 Å². The predicted molar refractivity (Wildman–Crippen MR) is 46.5 cm³/mol. The van der Waals surface area contributed by atoms with Crippen LogP contribution in [0.5, 0.6) is 0 Å². The lowest BCUT2D eigenvalue weighted by Gasteiger charge is -2.04. The van der Waals surface area contributed by atoms with Crippen molar-refractivity contribution in [2.24, 2.45) is 5.73 Å². The lowest BCUT2D eigenvalue weighted by molar-refractivity contribution is 0.623. The van der Waals surface area contributed by atoms with Crippen LogP contribution in [0.2, 0.25) is 0 Å². The molecule has 0 saturated heterocycles. The summed E-state index contributed by atoms with van der Waals surface area (Å²) in [5.74, 6) is -0.479. The molecule has 3 N–H and O–H groups in total. The summed E-state index contributed by atoms with van der Waals surface area (Å²) in [5.41, 5.74) is 5.67. The quantitative estimate of drug-likeness (QED) is 0.708. The Hall–Kier alpha value is -1.67. The zero-order valence-corrected chi connectivity index (χ0v) is 6.92. The van der Waals surface area contributed by atoms with Crippen molar-refractivity contribution in [1.82, 2.24) is 4.98 Å². The monoisotopic (exact) mass is 180 g/mol. The van der Waals surface area contributed by atoms with Gasteiger partial charge in [-0.3, -0.25) is 0 Å². The molecule has 0 fully saturated rings. The van der Waals surface area contributed by atoms with E-state index in [9.17, 15) is 4.39 Å². The van der Waals surface area contributed by atoms with Crippen molar-refractivity contribution in [3.05, 3.63) is 23.8 Å². The van der Waals surface area contributed by atoms with Crippen LogP contribution >= 0.6 is 0 Å². The van der Waals surface area contributed by atoms with Gasteiger partial charge in [0.25, 0.3) is 0 Å². The van der Waals surface area contributed by atoms with Crippen molar-refractivity contribution in [3.8, 4) is 6.07 Å². The largest absolute Gasteiger partial charge is 0.381 e. The van der Waals surface area contributed by atoms with Crippen molar-refractivity contribution in [2.45, 2.75) is 0 Å². The summed E-state index contributed by atoms with van der Waals surface area (Å²) < 4.78 is 13.0. The molecule has 0 aliphatic carbocycles. The number of nitrogens with two attached hydrogens (primary N) is 1. The van der Waals surface area contributed by atoms with Crippen LogP contribution in [0.15, 0.2) is 12.3 Å². The number of nitrogens with one attached hydrogen (secondary N) is 1. The minimum absolute atomic E-state index is 0.181. The van der Waals surface area contributed by atoms with Crippen molar-refractivity contribution in [1.29, 1.82) is 5.26 Å². The van der Waals surface area contributed by atoms with Gasteiger partial charge in [-0.05, 0) is 0 Å². The molecule has 0 atom stereocenters. The molecule has 5 heteroatoms. The third-order valence-electron chi connectivity index (χ3n) is 1.43. The molecule has 68 valence electrons. The number of hydrogen-bond donors (Lipinski definition) is 2. The second-order valence-electron chi connectivity index (χ2n) is 2.38. The smallest absolute Gasteiger partial charge is 0.164 e. The second kappa shape index (κ2) is 4.38. The lowest BCUT2D eigenvalue weighted by atomic mass is 10.3. The third kappa shape index (κ3) is 2.39. The summed E-state index contributed by atoms with van der Waals surface area (Å²) in [4.78, 5) is 3.56. The Morgan fingerprint density at radius 1 is 1.69 bits per heavy atom. The van der Waals surface area contributed by atoms with E-state index >= 15 is 0 Å². The van der Waals surface area contributed by atoms with Gasteiger partial charge in [-0.1, -0.05) is 0 Å². The molecular formula is C8H9FN4. The third-order valence-corrected chi connectivity index (χ3v) is 1.43. The van der Waals surface area contributed by atoms with Gasteiger partial charge in [0.1, 0.15) is 11.8 Å². The first-order chi connectivity index (χ1) is 6.27. The fourth-order valence-corrected chi connectivity index (χ4v) is 0.842. The zero-order chi connectivity index (χ0) is 9.68. The number of hydrogen-bond acceptors (Lipinski definition) is 4. The lowest BCUT2D eigenvalue weighted by Crippen LogP contribution is -2.14. The summed E-state index contributed by atoms with van der Waals surface area (Å²) >= 11 is 0. The van der Waals surface area contributed by atoms with Gasteiger partial charge in [0.2, 0.25) is 0 Å². The molecule has 1 rings (SSSR count). The molecule has 0 amide bonds. The number of rotatable bonds is 3. The molecule has 1 aromatic rings. The molecule has 0 spiro atoms. The Kier molecular flexibility index (Phi) is 3.17. The van der Waals surface area contributed by atoms with Crippen LogP contribution in [0, 0.1) is 17.1 Å². The SMILES string of the molecule is N#Cc1cc(NCCN)c(F)cn1. The van der Waals surface area contributed by atoms with E-state index in [2.05, 4.69) is 10.3 Å². The summed E-state index contributed by atoms with van der Waals surface area (Å²) in [6, 6.07) is 3.17. The standard InChI is InChI=1S/C8H9FN4/c9-7-5-13-6(4-11)3-8(7)12-2-1-10/h3,5H,1-2,10H2,(H,12,13). The summed E-state index contributed by atoms with van der Waals surface area (Å²) in [6.45, 7) is 0.870. The van der Waals surface area contributed by atoms with E-state index in [1.165, 1.54) is 6.07 Å².